The zero-order chi connectivity index (χ0) is 10.8. The Hall–Kier alpha value is -0.730. The van der Waals surface area contributed by atoms with Crippen molar-refractivity contribution >= 4 is 11.6 Å². The number of aliphatic hydroxyl groups excluding tert-OH is 1. The van der Waals surface area contributed by atoms with Crippen molar-refractivity contribution in [3.05, 3.63) is 29.3 Å². The summed E-state index contributed by atoms with van der Waals surface area (Å²) < 4.78 is 5.50. The van der Waals surface area contributed by atoms with E-state index in [0.29, 0.717) is 0 Å². The van der Waals surface area contributed by atoms with Gasteiger partial charge < -0.3 is 9.84 Å². The number of rotatable bonds is 2. The highest BCUT2D eigenvalue weighted by atomic mass is 35.5. The molecule has 1 heterocycles. The molecule has 0 saturated carbocycles. The molecular formula is C12H15ClO2. The summed E-state index contributed by atoms with van der Waals surface area (Å²) >= 11 is 5.86. The van der Waals surface area contributed by atoms with Gasteiger partial charge in [-0.2, -0.15) is 0 Å². The Labute approximate surface area is 94.8 Å². The SMILES string of the molecule is CC(Cl)C(O)c1ccc2c(c1)CCCO2. The lowest BCUT2D eigenvalue weighted by atomic mass is 9.99. The molecule has 0 amide bonds. The van der Waals surface area contributed by atoms with Gasteiger partial charge in [0.05, 0.1) is 18.1 Å². The lowest BCUT2D eigenvalue weighted by Gasteiger charge is -2.20. The Kier molecular flexibility index (Phi) is 3.17. The number of ether oxygens (including phenoxy) is 1. The number of hydrogen-bond donors (Lipinski definition) is 1. The van der Waals surface area contributed by atoms with Crippen molar-refractivity contribution in [1.29, 1.82) is 0 Å². The van der Waals surface area contributed by atoms with Crippen LogP contribution in [0.2, 0.25) is 0 Å². The number of aryl methyl sites for hydroxylation is 1. The number of halogens is 1. The molecule has 0 radical (unpaired) electrons. The summed E-state index contributed by atoms with van der Waals surface area (Å²) in [7, 11) is 0. The summed E-state index contributed by atoms with van der Waals surface area (Å²) in [5, 5.41) is 9.56. The van der Waals surface area contributed by atoms with Gasteiger partial charge in [-0.3, -0.25) is 0 Å². The van der Waals surface area contributed by atoms with Crippen LogP contribution in [0.1, 0.15) is 30.6 Å². The average molecular weight is 227 g/mol. The Balaban J connectivity index is 2.27. The number of aliphatic hydroxyl groups is 1. The van der Waals surface area contributed by atoms with Crippen LogP contribution < -0.4 is 4.74 Å². The molecule has 0 bridgehead atoms. The van der Waals surface area contributed by atoms with E-state index in [4.69, 9.17) is 16.3 Å². The summed E-state index contributed by atoms with van der Waals surface area (Å²) in [6.07, 6.45) is 1.47. The average Bonchev–Trinajstić information content (AvgIpc) is 2.27. The van der Waals surface area contributed by atoms with E-state index >= 15 is 0 Å². The molecule has 1 aliphatic rings. The van der Waals surface area contributed by atoms with E-state index < -0.39 is 6.10 Å². The third-order valence-electron chi connectivity index (χ3n) is 2.71. The summed E-state index contributed by atoms with van der Waals surface area (Å²) in [5.41, 5.74) is 2.05. The maximum absolute atomic E-state index is 9.83. The Bertz CT molecular complexity index is 349. The topological polar surface area (TPSA) is 29.5 Å². The van der Waals surface area contributed by atoms with Gasteiger partial charge in [0.25, 0.3) is 0 Å². The van der Waals surface area contributed by atoms with Gasteiger partial charge >= 0.3 is 0 Å². The van der Waals surface area contributed by atoms with Crippen LogP contribution in [0.25, 0.3) is 0 Å². The Morgan fingerprint density at radius 1 is 1.47 bits per heavy atom. The standard InChI is InChI=1S/C12H15ClO2/c1-8(13)12(14)10-4-5-11-9(7-10)3-2-6-15-11/h4-5,7-8,12,14H,2-3,6H2,1H3. The van der Waals surface area contributed by atoms with Gasteiger partial charge in [0.2, 0.25) is 0 Å². The molecule has 3 heteroatoms. The van der Waals surface area contributed by atoms with Crippen molar-refractivity contribution in [2.45, 2.75) is 31.2 Å². The van der Waals surface area contributed by atoms with Crippen LogP contribution in [0.5, 0.6) is 5.75 Å². The lowest BCUT2D eigenvalue weighted by molar-refractivity contribution is 0.177. The second kappa shape index (κ2) is 4.42. The van der Waals surface area contributed by atoms with Gasteiger partial charge in [-0.15, -0.1) is 11.6 Å². The van der Waals surface area contributed by atoms with Crippen LogP contribution in [-0.4, -0.2) is 17.1 Å². The van der Waals surface area contributed by atoms with Gasteiger partial charge in [-0.25, -0.2) is 0 Å². The Morgan fingerprint density at radius 2 is 2.27 bits per heavy atom. The molecule has 0 aromatic heterocycles. The van der Waals surface area contributed by atoms with Crippen molar-refractivity contribution in [2.75, 3.05) is 6.61 Å². The first-order valence-electron chi connectivity index (χ1n) is 5.26. The largest absolute Gasteiger partial charge is 0.493 e. The molecule has 1 aromatic rings. The molecule has 82 valence electrons. The van der Waals surface area contributed by atoms with Crippen molar-refractivity contribution in [1.82, 2.24) is 0 Å². The molecule has 1 aromatic carbocycles. The van der Waals surface area contributed by atoms with Crippen molar-refractivity contribution in [2.24, 2.45) is 0 Å². The minimum absolute atomic E-state index is 0.271. The van der Waals surface area contributed by atoms with E-state index in [1.54, 1.807) is 6.92 Å². The Morgan fingerprint density at radius 3 is 3.00 bits per heavy atom. The van der Waals surface area contributed by atoms with Gasteiger partial charge in [0.1, 0.15) is 5.75 Å². The second-order valence-electron chi connectivity index (χ2n) is 3.94. The second-order valence-corrected chi connectivity index (χ2v) is 4.63. The van der Waals surface area contributed by atoms with E-state index in [1.165, 1.54) is 5.56 Å². The van der Waals surface area contributed by atoms with Crippen molar-refractivity contribution in [3.8, 4) is 5.75 Å². The quantitative estimate of drug-likeness (QED) is 0.786. The monoisotopic (exact) mass is 226 g/mol. The summed E-state index contributed by atoms with van der Waals surface area (Å²) in [6, 6.07) is 5.80. The summed E-state index contributed by atoms with van der Waals surface area (Å²) in [4.78, 5) is 0. The first kappa shape index (κ1) is 10.8. The highest BCUT2D eigenvalue weighted by Gasteiger charge is 2.17. The normalized spacial score (nSPS) is 18.9. The molecule has 2 rings (SSSR count). The van der Waals surface area contributed by atoms with E-state index in [0.717, 1.165) is 30.8 Å². The minimum atomic E-state index is -0.598. The van der Waals surface area contributed by atoms with Crippen molar-refractivity contribution in [3.63, 3.8) is 0 Å². The highest BCUT2D eigenvalue weighted by Crippen LogP contribution is 2.29. The number of hydrogen-bond acceptors (Lipinski definition) is 2. The molecule has 1 N–H and O–H groups in total. The fourth-order valence-electron chi connectivity index (χ4n) is 1.83. The van der Waals surface area contributed by atoms with Gasteiger partial charge in [-0.05, 0) is 43.0 Å². The third kappa shape index (κ3) is 2.27. The third-order valence-corrected chi connectivity index (χ3v) is 2.95. The van der Waals surface area contributed by atoms with Crippen LogP contribution in [0.4, 0.5) is 0 Å². The lowest BCUT2D eigenvalue weighted by Crippen LogP contribution is -2.12. The predicted octanol–water partition coefficient (Wildman–Crippen LogP) is 2.67. The molecule has 0 spiro atoms. The maximum Gasteiger partial charge on any atom is 0.122 e. The maximum atomic E-state index is 9.83. The molecule has 1 aliphatic heterocycles. The van der Waals surface area contributed by atoms with E-state index in [1.807, 2.05) is 18.2 Å². The van der Waals surface area contributed by atoms with Crippen molar-refractivity contribution < 1.29 is 9.84 Å². The zero-order valence-corrected chi connectivity index (χ0v) is 9.50. The van der Waals surface area contributed by atoms with E-state index in [-0.39, 0.29) is 5.38 Å². The van der Waals surface area contributed by atoms with Gasteiger partial charge in [0.15, 0.2) is 0 Å². The summed E-state index contributed by atoms with van der Waals surface area (Å²) in [5.74, 6) is 0.944. The first-order chi connectivity index (χ1) is 7.18. The number of fused-ring (bicyclic) bond motifs is 1. The van der Waals surface area contributed by atoms with E-state index in [9.17, 15) is 5.11 Å². The minimum Gasteiger partial charge on any atom is -0.493 e. The molecule has 2 atom stereocenters. The smallest absolute Gasteiger partial charge is 0.122 e. The predicted molar refractivity (Wildman–Crippen MR) is 60.5 cm³/mol. The first-order valence-corrected chi connectivity index (χ1v) is 5.70. The molecule has 2 unspecified atom stereocenters. The molecule has 0 fully saturated rings. The number of alkyl halides is 1. The summed E-state index contributed by atoms with van der Waals surface area (Å²) in [6.45, 7) is 2.59. The van der Waals surface area contributed by atoms with Crippen LogP contribution >= 0.6 is 11.6 Å². The van der Waals surface area contributed by atoms with Crippen LogP contribution in [0.15, 0.2) is 18.2 Å². The molecule has 0 aliphatic carbocycles. The number of benzene rings is 1. The fourth-order valence-corrected chi connectivity index (χ4v) is 1.97. The molecule has 0 saturated heterocycles. The zero-order valence-electron chi connectivity index (χ0n) is 8.74. The highest BCUT2D eigenvalue weighted by molar-refractivity contribution is 6.20. The molecule has 15 heavy (non-hydrogen) atoms. The van der Waals surface area contributed by atoms with Crippen LogP contribution in [0.3, 0.4) is 0 Å². The molecule has 2 nitrogen and oxygen atoms in total. The van der Waals surface area contributed by atoms with Crippen LogP contribution in [0, 0.1) is 0 Å². The van der Waals surface area contributed by atoms with Crippen LogP contribution in [-0.2, 0) is 6.42 Å². The van der Waals surface area contributed by atoms with E-state index in [2.05, 4.69) is 0 Å². The molecular weight excluding hydrogens is 212 g/mol. The van der Waals surface area contributed by atoms with Gasteiger partial charge in [0, 0.05) is 0 Å². The van der Waals surface area contributed by atoms with Gasteiger partial charge in [-0.1, -0.05) is 6.07 Å². The fraction of sp³-hybridized carbons (Fsp3) is 0.500.